The summed E-state index contributed by atoms with van der Waals surface area (Å²) < 4.78 is 0. The summed E-state index contributed by atoms with van der Waals surface area (Å²) in [6.45, 7) is 1.38. The Labute approximate surface area is 163 Å². The lowest BCUT2D eigenvalue weighted by Gasteiger charge is -2.31. The molecule has 5 nitrogen and oxygen atoms in total. The number of aromatic amines is 1. The molecule has 0 radical (unpaired) electrons. The molecule has 0 atom stereocenters. The molecule has 2 heterocycles. The van der Waals surface area contributed by atoms with Crippen LogP contribution in [-0.4, -0.2) is 39.1 Å². The highest BCUT2D eigenvalue weighted by molar-refractivity contribution is 6.33. The molecule has 1 aromatic heterocycles. The molecule has 0 spiro atoms. The average molecular weight is 381 g/mol. The first-order valence-corrected chi connectivity index (χ1v) is 9.57. The van der Waals surface area contributed by atoms with Gasteiger partial charge in [0.15, 0.2) is 5.82 Å². The van der Waals surface area contributed by atoms with Crippen molar-refractivity contribution in [1.82, 2.24) is 20.1 Å². The van der Waals surface area contributed by atoms with E-state index in [2.05, 4.69) is 27.3 Å². The summed E-state index contributed by atoms with van der Waals surface area (Å²) in [5.74, 6) is 2.01. The lowest BCUT2D eigenvalue weighted by Crippen LogP contribution is -2.38. The SMILES string of the molecule is O=C(c1ccccc1Cl)N1CCC(c2n[nH]c(Cc3ccccc3)n2)CC1. The monoisotopic (exact) mass is 380 g/mol. The topological polar surface area (TPSA) is 61.9 Å². The van der Waals surface area contributed by atoms with Crippen LogP contribution in [0.15, 0.2) is 54.6 Å². The number of carbonyl (C=O) groups excluding carboxylic acids is 1. The van der Waals surface area contributed by atoms with Gasteiger partial charge < -0.3 is 4.90 Å². The van der Waals surface area contributed by atoms with Crippen molar-refractivity contribution in [1.29, 1.82) is 0 Å². The maximum Gasteiger partial charge on any atom is 0.255 e. The number of carbonyl (C=O) groups is 1. The number of aromatic nitrogens is 3. The number of piperidine rings is 1. The van der Waals surface area contributed by atoms with Crippen LogP contribution in [0.25, 0.3) is 0 Å². The highest BCUT2D eigenvalue weighted by Crippen LogP contribution is 2.27. The van der Waals surface area contributed by atoms with E-state index in [1.807, 2.05) is 35.2 Å². The van der Waals surface area contributed by atoms with Gasteiger partial charge in [-0.05, 0) is 30.5 Å². The Kier molecular flexibility index (Phi) is 5.21. The molecule has 138 valence electrons. The largest absolute Gasteiger partial charge is 0.339 e. The molecule has 1 aliphatic rings. The normalized spacial score (nSPS) is 15.1. The van der Waals surface area contributed by atoms with E-state index >= 15 is 0 Å². The maximum atomic E-state index is 12.7. The smallest absolute Gasteiger partial charge is 0.255 e. The van der Waals surface area contributed by atoms with Crippen molar-refractivity contribution in [3.63, 3.8) is 0 Å². The van der Waals surface area contributed by atoms with E-state index in [1.54, 1.807) is 12.1 Å². The zero-order valence-corrected chi connectivity index (χ0v) is 15.7. The molecule has 0 unspecified atom stereocenters. The van der Waals surface area contributed by atoms with Gasteiger partial charge in [-0.15, -0.1) is 0 Å². The van der Waals surface area contributed by atoms with Gasteiger partial charge in [-0.2, -0.15) is 5.10 Å². The number of likely N-dealkylation sites (tertiary alicyclic amines) is 1. The molecule has 3 aromatic rings. The fourth-order valence-electron chi connectivity index (χ4n) is 3.51. The van der Waals surface area contributed by atoms with Gasteiger partial charge in [-0.25, -0.2) is 4.98 Å². The fraction of sp³-hybridized carbons (Fsp3) is 0.286. The molecule has 27 heavy (non-hydrogen) atoms. The average Bonchev–Trinajstić information content (AvgIpc) is 3.17. The summed E-state index contributed by atoms with van der Waals surface area (Å²) in [7, 11) is 0. The van der Waals surface area contributed by atoms with Gasteiger partial charge in [0.1, 0.15) is 5.82 Å². The summed E-state index contributed by atoms with van der Waals surface area (Å²) >= 11 is 6.16. The van der Waals surface area contributed by atoms with Crippen molar-refractivity contribution in [3.05, 3.63) is 82.4 Å². The Bertz CT molecular complexity index is 917. The lowest BCUT2D eigenvalue weighted by atomic mass is 9.95. The third-order valence-corrected chi connectivity index (χ3v) is 5.34. The minimum atomic E-state index is -0.00111. The van der Waals surface area contributed by atoms with Gasteiger partial charge in [0.05, 0.1) is 10.6 Å². The predicted molar refractivity (Wildman–Crippen MR) is 105 cm³/mol. The third-order valence-electron chi connectivity index (χ3n) is 5.01. The quantitative estimate of drug-likeness (QED) is 0.742. The molecule has 1 N–H and O–H groups in total. The van der Waals surface area contributed by atoms with Crippen LogP contribution in [0.1, 0.15) is 46.3 Å². The highest BCUT2D eigenvalue weighted by atomic mass is 35.5. The van der Waals surface area contributed by atoms with Crippen LogP contribution in [0, 0.1) is 0 Å². The van der Waals surface area contributed by atoms with E-state index < -0.39 is 0 Å². The molecule has 6 heteroatoms. The van der Waals surface area contributed by atoms with Gasteiger partial charge >= 0.3 is 0 Å². The summed E-state index contributed by atoms with van der Waals surface area (Å²) in [4.78, 5) is 19.2. The van der Waals surface area contributed by atoms with Crippen LogP contribution < -0.4 is 0 Å². The highest BCUT2D eigenvalue weighted by Gasteiger charge is 2.27. The van der Waals surface area contributed by atoms with E-state index in [9.17, 15) is 4.79 Å². The number of halogens is 1. The van der Waals surface area contributed by atoms with Crippen molar-refractivity contribution in [2.24, 2.45) is 0 Å². The predicted octanol–water partition coefficient (Wildman–Crippen LogP) is 4.07. The first-order chi connectivity index (χ1) is 13.2. The van der Waals surface area contributed by atoms with E-state index in [-0.39, 0.29) is 11.8 Å². The van der Waals surface area contributed by atoms with Crippen LogP contribution in [0.2, 0.25) is 5.02 Å². The number of rotatable bonds is 4. The minimum Gasteiger partial charge on any atom is -0.339 e. The van der Waals surface area contributed by atoms with Crippen molar-refractivity contribution in [2.75, 3.05) is 13.1 Å². The molecule has 0 aliphatic carbocycles. The van der Waals surface area contributed by atoms with Crippen molar-refractivity contribution in [3.8, 4) is 0 Å². The number of nitrogens with zero attached hydrogens (tertiary/aromatic N) is 3. The van der Waals surface area contributed by atoms with Crippen LogP contribution in [-0.2, 0) is 6.42 Å². The summed E-state index contributed by atoms with van der Waals surface area (Å²) in [5, 5.41) is 7.98. The summed E-state index contributed by atoms with van der Waals surface area (Å²) in [5.41, 5.74) is 1.78. The number of nitrogens with one attached hydrogen (secondary N) is 1. The second kappa shape index (κ2) is 7.92. The fourth-order valence-corrected chi connectivity index (χ4v) is 3.72. The standard InChI is InChI=1S/C21H21ClN4O/c22-18-9-5-4-8-17(18)21(27)26-12-10-16(11-13-26)20-23-19(24-25-20)14-15-6-2-1-3-7-15/h1-9,16H,10-14H2,(H,23,24,25). The number of hydrogen-bond acceptors (Lipinski definition) is 3. The molecule has 1 fully saturated rings. The second-order valence-corrected chi connectivity index (χ2v) is 7.26. The van der Waals surface area contributed by atoms with E-state index in [0.29, 0.717) is 23.7 Å². The van der Waals surface area contributed by atoms with Crippen LogP contribution >= 0.6 is 11.6 Å². The number of benzene rings is 2. The molecular formula is C21H21ClN4O. The van der Waals surface area contributed by atoms with Crippen molar-refractivity contribution < 1.29 is 4.79 Å². The molecule has 1 saturated heterocycles. The molecule has 0 saturated carbocycles. The minimum absolute atomic E-state index is 0.00111. The molecule has 1 amide bonds. The molecular weight excluding hydrogens is 360 g/mol. The van der Waals surface area contributed by atoms with Gasteiger partial charge in [0, 0.05) is 25.4 Å². The molecule has 4 rings (SSSR count). The van der Waals surface area contributed by atoms with Crippen LogP contribution in [0.5, 0.6) is 0 Å². The summed E-state index contributed by atoms with van der Waals surface area (Å²) in [6, 6.07) is 17.4. The Morgan fingerprint density at radius 1 is 1.07 bits per heavy atom. The number of H-pyrrole nitrogens is 1. The van der Waals surface area contributed by atoms with Gasteiger partial charge in [-0.1, -0.05) is 54.1 Å². The first-order valence-electron chi connectivity index (χ1n) is 9.19. The molecule has 0 bridgehead atoms. The summed E-state index contributed by atoms with van der Waals surface area (Å²) in [6.07, 6.45) is 2.47. The Morgan fingerprint density at radius 2 is 1.78 bits per heavy atom. The molecule has 1 aliphatic heterocycles. The van der Waals surface area contributed by atoms with Crippen molar-refractivity contribution >= 4 is 17.5 Å². The van der Waals surface area contributed by atoms with Gasteiger partial charge in [-0.3, -0.25) is 9.89 Å². The van der Waals surface area contributed by atoms with Crippen molar-refractivity contribution in [2.45, 2.75) is 25.2 Å². The maximum absolute atomic E-state index is 12.7. The first kappa shape index (κ1) is 17.7. The Hall–Kier alpha value is -2.66. The molecule has 2 aromatic carbocycles. The number of hydrogen-bond donors (Lipinski definition) is 1. The van der Waals surface area contributed by atoms with E-state index in [0.717, 1.165) is 30.9 Å². The van der Waals surface area contributed by atoms with E-state index in [4.69, 9.17) is 11.6 Å². The Balaban J connectivity index is 1.37. The van der Waals surface area contributed by atoms with Gasteiger partial charge in [0.2, 0.25) is 0 Å². The zero-order chi connectivity index (χ0) is 18.6. The Morgan fingerprint density at radius 3 is 2.52 bits per heavy atom. The second-order valence-electron chi connectivity index (χ2n) is 6.85. The zero-order valence-electron chi connectivity index (χ0n) is 14.9. The van der Waals surface area contributed by atoms with Crippen LogP contribution in [0.3, 0.4) is 0 Å². The lowest BCUT2D eigenvalue weighted by molar-refractivity contribution is 0.0711. The van der Waals surface area contributed by atoms with Gasteiger partial charge in [0.25, 0.3) is 5.91 Å². The number of amides is 1. The van der Waals surface area contributed by atoms with Crippen LogP contribution in [0.4, 0.5) is 0 Å². The van der Waals surface area contributed by atoms with E-state index in [1.165, 1.54) is 5.56 Å². The third kappa shape index (κ3) is 4.03.